The highest BCUT2D eigenvalue weighted by Crippen LogP contribution is 2.25. The second-order valence-electron chi connectivity index (χ2n) is 3.71. The molecule has 0 bridgehead atoms. The summed E-state index contributed by atoms with van der Waals surface area (Å²) in [6, 6.07) is 5.03. The van der Waals surface area contributed by atoms with E-state index < -0.39 is 0 Å². The molecule has 0 atom stereocenters. The molecule has 0 aliphatic heterocycles. The van der Waals surface area contributed by atoms with Gasteiger partial charge < -0.3 is 9.63 Å². The Balaban J connectivity index is 2.33. The molecular formula is C12H11ClN2O2. The minimum absolute atomic E-state index is 0.165. The monoisotopic (exact) mass is 250 g/mol. The van der Waals surface area contributed by atoms with Crippen LogP contribution < -0.4 is 0 Å². The van der Waals surface area contributed by atoms with Crippen molar-refractivity contribution < 1.29 is 9.63 Å². The number of phenolic OH excluding ortho intramolecular Hbond substituents is 1. The lowest BCUT2D eigenvalue weighted by molar-refractivity contribution is 0.399. The van der Waals surface area contributed by atoms with Crippen molar-refractivity contribution in [1.29, 1.82) is 0 Å². The van der Waals surface area contributed by atoms with E-state index in [9.17, 15) is 5.11 Å². The normalized spacial score (nSPS) is 11.2. The van der Waals surface area contributed by atoms with Gasteiger partial charge in [-0.05, 0) is 31.5 Å². The van der Waals surface area contributed by atoms with Gasteiger partial charge in [-0.25, -0.2) is 4.99 Å². The summed E-state index contributed by atoms with van der Waals surface area (Å²) in [6.07, 6.45) is 1.51. The quantitative estimate of drug-likeness (QED) is 0.831. The molecule has 4 nitrogen and oxygen atoms in total. The number of aromatic nitrogens is 1. The highest BCUT2D eigenvalue weighted by Gasteiger charge is 2.04. The summed E-state index contributed by atoms with van der Waals surface area (Å²) >= 11 is 5.90. The van der Waals surface area contributed by atoms with Gasteiger partial charge in [-0.15, -0.1) is 0 Å². The zero-order valence-electron chi connectivity index (χ0n) is 9.44. The molecule has 0 aliphatic carbocycles. The maximum absolute atomic E-state index is 9.81. The molecule has 5 heteroatoms. The lowest BCUT2D eigenvalue weighted by atomic mass is 10.1. The number of rotatable bonds is 2. The molecule has 2 aromatic rings. The van der Waals surface area contributed by atoms with Gasteiger partial charge in [0.1, 0.15) is 11.5 Å². The summed E-state index contributed by atoms with van der Waals surface area (Å²) in [4.78, 5) is 4.09. The Morgan fingerprint density at radius 1 is 1.35 bits per heavy atom. The first-order chi connectivity index (χ1) is 8.06. The average molecular weight is 251 g/mol. The van der Waals surface area contributed by atoms with Crippen molar-refractivity contribution in [2.24, 2.45) is 4.99 Å². The molecule has 0 fully saturated rings. The maximum atomic E-state index is 9.81. The van der Waals surface area contributed by atoms with Gasteiger partial charge in [-0.3, -0.25) is 0 Å². The minimum atomic E-state index is 0.165. The van der Waals surface area contributed by atoms with Gasteiger partial charge in [0.2, 0.25) is 0 Å². The van der Waals surface area contributed by atoms with Gasteiger partial charge in [0.05, 0.1) is 0 Å². The Hall–Kier alpha value is -1.81. The third-order valence-electron chi connectivity index (χ3n) is 2.25. The smallest absolute Gasteiger partial charge is 0.195 e. The Labute approximate surface area is 104 Å². The number of aliphatic imine (C=N–C) groups is 1. The Morgan fingerprint density at radius 3 is 2.76 bits per heavy atom. The molecule has 17 heavy (non-hydrogen) atoms. The third-order valence-corrected chi connectivity index (χ3v) is 2.46. The van der Waals surface area contributed by atoms with Crippen LogP contribution >= 0.6 is 11.6 Å². The maximum Gasteiger partial charge on any atom is 0.195 e. The molecule has 1 N–H and O–H groups in total. The molecule has 1 aromatic carbocycles. The Kier molecular flexibility index (Phi) is 3.15. The lowest BCUT2D eigenvalue weighted by Crippen LogP contribution is -1.86. The summed E-state index contributed by atoms with van der Waals surface area (Å²) < 4.78 is 4.88. The highest BCUT2D eigenvalue weighted by atomic mass is 35.5. The fourth-order valence-electron chi connectivity index (χ4n) is 1.41. The van der Waals surface area contributed by atoms with Gasteiger partial charge >= 0.3 is 0 Å². The Bertz CT molecular complexity index is 576. The summed E-state index contributed by atoms with van der Waals surface area (Å²) in [5.41, 5.74) is 1.26. The first-order valence-electron chi connectivity index (χ1n) is 5.03. The predicted molar refractivity (Wildman–Crippen MR) is 66.3 cm³/mol. The van der Waals surface area contributed by atoms with Crippen LogP contribution in [0.4, 0.5) is 5.82 Å². The SMILES string of the molecule is Cc1cc(N=Cc2cc(Cl)cc(C)c2O)no1. The van der Waals surface area contributed by atoms with Crippen LogP contribution in [0.5, 0.6) is 5.75 Å². The third kappa shape index (κ3) is 2.65. The number of phenols is 1. The van der Waals surface area contributed by atoms with E-state index in [2.05, 4.69) is 10.1 Å². The summed E-state index contributed by atoms with van der Waals surface area (Å²) in [5, 5.41) is 14.1. The second-order valence-corrected chi connectivity index (χ2v) is 4.15. The van der Waals surface area contributed by atoms with E-state index in [1.165, 1.54) is 6.21 Å². The summed E-state index contributed by atoms with van der Waals surface area (Å²) in [7, 11) is 0. The molecule has 0 amide bonds. The van der Waals surface area contributed by atoms with Crippen LogP contribution in [0.3, 0.4) is 0 Å². The lowest BCUT2D eigenvalue weighted by Gasteiger charge is -2.03. The largest absolute Gasteiger partial charge is 0.507 e. The number of nitrogens with zero attached hydrogens (tertiary/aromatic N) is 2. The standard InChI is InChI=1S/C12H11ClN2O2/c1-7-3-10(13)5-9(12(7)16)6-14-11-4-8(2)17-15-11/h3-6,16H,1-2H3. The van der Waals surface area contributed by atoms with E-state index in [0.717, 1.165) is 0 Å². The van der Waals surface area contributed by atoms with Crippen LogP contribution in [-0.4, -0.2) is 16.5 Å². The molecule has 1 heterocycles. The van der Waals surface area contributed by atoms with E-state index in [-0.39, 0.29) is 5.75 Å². The molecule has 2 rings (SSSR count). The van der Waals surface area contributed by atoms with Crippen molar-refractivity contribution >= 4 is 23.6 Å². The number of benzene rings is 1. The van der Waals surface area contributed by atoms with Crippen molar-refractivity contribution in [3.05, 3.63) is 40.1 Å². The number of aryl methyl sites for hydroxylation is 2. The van der Waals surface area contributed by atoms with Gasteiger partial charge in [-0.2, -0.15) is 0 Å². The van der Waals surface area contributed by atoms with E-state index in [1.54, 1.807) is 32.0 Å². The van der Waals surface area contributed by atoms with Crippen molar-refractivity contribution in [2.45, 2.75) is 13.8 Å². The van der Waals surface area contributed by atoms with Crippen molar-refractivity contribution in [1.82, 2.24) is 5.16 Å². The fourth-order valence-corrected chi connectivity index (χ4v) is 1.69. The topological polar surface area (TPSA) is 58.6 Å². The molecule has 0 saturated carbocycles. The van der Waals surface area contributed by atoms with E-state index in [0.29, 0.717) is 27.7 Å². The van der Waals surface area contributed by atoms with Crippen molar-refractivity contribution in [2.75, 3.05) is 0 Å². The van der Waals surface area contributed by atoms with Crippen LogP contribution in [-0.2, 0) is 0 Å². The fraction of sp³-hybridized carbons (Fsp3) is 0.167. The van der Waals surface area contributed by atoms with Gasteiger partial charge in [-0.1, -0.05) is 16.8 Å². The van der Waals surface area contributed by atoms with Gasteiger partial charge in [0, 0.05) is 22.9 Å². The Morgan fingerprint density at radius 2 is 2.12 bits per heavy atom. The molecule has 0 spiro atoms. The number of aromatic hydroxyl groups is 1. The molecule has 0 unspecified atom stereocenters. The van der Waals surface area contributed by atoms with Crippen LogP contribution in [0, 0.1) is 13.8 Å². The molecule has 88 valence electrons. The van der Waals surface area contributed by atoms with E-state index >= 15 is 0 Å². The zero-order valence-corrected chi connectivity index (χ0v) is 10.2. The first-order valence-corrected chi connectivity index (χ1v) is 5.40. The number of hydrogen-bond acceptors (Lipinski definition) is 4. The molecule has 0 radical (unpaired) electrons. The van der Waals surface area contributed by atoms with E-state index in [4.69, 9.17) is 16.1 Å². The van der Waals surface area contributed by atoms with Crippen molar-refractivity contribution in [3.8, 4) is 5.75 Å². The van der Waals surface area contributed by atoms with Gasteiger partial charge in [0.25, 0.3) is 0 Å². The van der Waals surface area contributed by atoms with Crippen LogP contribution in [0.2, 0.25) is 5.02 Å². The number of halogens is 1. The molecule has 0 aliphatic rings. The van der Waals surface area contributed by atoms with Crippen LogP contribution in [0.15, 0.2) is 27.7 Å². The second kappa shape index (κ2) is 4.59. The van der Waals surface area contributed by atoms with Crippen LogP contribution in [0.1, 0.15) is 16.9 Å². The van der Waals surface area contributed by atoms with Crippen LogP contribution in [0.25, 0.3) is 0 Å². The first kappa shape index (κ1) is 11.7. The molecule has 0 saturated heterocycles. The van der Waals surface area contributed by atoms with Crippen molar-refractivity contribution in [3.63, 3.8) is 0 Å². The summed E-state index contributed by atoms with van der Waals surface area (Å²) in [5.74, 6) is 1.31. The van der Waals surface area contributed by atoms with E-state index in [1.807, 2.05) is 0 Å². The zero-order chi connectivity index (χ0) is 12.4. The average Bonchev–Trinajstić information content (AvgIpc) is 2.67. The summed E-state index contributed by atoms with van der Waals surface area (Å²) in [6.45, 7) is 3.56. The minimum Gasteiger partial charge on any atom is -0.507 e. The molecule has 1 aromatic heterocycles. The highest BCUT2D eigenvalue weighted by molar-refractivity contribution is 6.31. The number of hydrogen-bond donors (Lipinski definition) is 1. The predicted octanol–water partition coefficient (Wildman–Crippen LogP) is 3.40. The van der Waals surface area contributed by atoms with Gasteiger partial charge in [0.15, 0.2) is 5.82 Å². The molecular weight excluding hydrogens is 240 g/mol.